The number of para-hydroxylation sites is 3. The van der Waals surface area contributed by atoms with Gasteiger partial charge in [0.05, 0.1) is 17.6 Å². The molecule has 0 radical (unpaired) electrons. The van der Waals surface area contributed by atoms with E-state index in [1.54, 1.807) is 0 Å². The highest BCUT2D eigenvalue weighted by Gasteiger charge is 2.15. The van der Waals surface area contributed by atoms with Crippen LogP contribution in [0.5, 0.6) is 11.5 Å². The molecular formula is C24H24N2O3. The standard InChI is InChI=1S/C24H24N2O3/c1-18-8-7-11-21(14-18)29-17-24-25-22-12-5-6-13-23(22)26(24)15-19(27)16-28-20-9-3-2-4-10-20/h2-14,19,27H,15-17H2,1H3/t19-/m0/s1. The second-order valence-corrected chi connectivity index (χ2v) is 7.01. The van der Waals surface area contributed by atoms with E-state index in [0.29, 0.717) is 13.2 Å². The number of aryl methyl sites for hydroxylation is 1. The molecule has 0 saturated heterocycles. The van der Waals surface area contributed by atoms with Gasteiger partial charge in [-0.2, -0.15) is 0 Å². The predicted octanol–water partition coefficient (Wildman–Crippen LogP) is 4.36. The molecule has 3 aromatic carbocycles. The summed E-state index contributed by atoms with van der Waals surface area (Å²) in [5, 5.41) is 10.6. The van der Waals surface area contributed by atoms with Gasteiger partial charge in [-0.15, -0.1) is 0 Å². The first-order chi connectivity index (χ1) is 14.2. The first-order valence-corrected chi connectivity index (χ1v) is 9.68. The number of nitrogens with zero attached hydrogens (tertiary/aromatic N) is 2. The second-order valence-electron chi connectivity index (χ2n) is 7.01. The highest BCUT2D eigenvalue weighted by molar-refractivity contribution is 5.75. The molecule has 1 N–H and O–H groups in total. The summed E-state index contributed by atoms with van der Waals surface area (Å²) in [6, 6.07) is 25.3. The van der Waals surface area contributed by atoms with Crippen LogP contribution >= 0.6 is 0 Å². The van der Waals surface area contributed by atoms with Crippen molar-refractivity contribution in [3.63, 3.8) is 0 Å². The molecule has 5 heteroatoms. The molecule has 1 aromatic heterocycles. The van der Waals surface area contributed by atoms with Crippen molar-refractivity contribution < 1.29 is 14.6 Å². The van der Waals surface area contributed by atoms with Gasteiger partial charge < -0.3 is 19.1 Å². The lowest BCUT2D eigenvalue weighted by atomic mass is 10.2. The first-order valence-electron chi connectivity index (χ1n) is 9.68. The maximum absolute atomic E-state index is 10.6. The smallest absolute Gasteiger partial charge is 0.148 e. The average molecular weight is 388 g/mol. The summed E-state index contributed by atoms with van der Waals surface area (Å²) in [5.41, 5.74) is 2.99. The van der Waals surface area contributed by atoms with E-state index in [9.17, 15) is 5.11 Å². The monoisotopic (exact) mass is 388 g/mol. The first kappa shape index (κ1) is 19.0. The van der Waals surface area contributed by atoms with Crippen LogP contribution in [0.4, 0.5) is 0 Å². The molecule has 148 valence electrons. The van der Waals surface area contributed by atoms with Gasteiger partial charge >= 0.3 is 0 Å². The molecule has 0 unspecified atom stereocenters. The van der Waals surface area contributed by atoms with Crippen LogP contribution < -0.4 is 9.47 Å². The Kier molecular flexibility index (Phi) is 5.77. The topological polar surface area (TPSA) is 56.5 Å². The van der Waals surface area contributed by atoms with Crippen LogP contribution in [-0.4, -0.2) is 27.4 Å². The largest absolute Gasteiger partial charge is 0.491 e. The van der Waals surface area contributed by atoms with E-state index < -0.39 is 6.10 Å². The number of aromatic nitrogens is 2. The zero-order valence-corrected chi connectivity index (χ0v) is 16.4. The lowest BCUT2D eigenvalue weighted by Gasteiger charge is -2.16. The third kappa shape index (κ3) is 4.76. The molecule has 4 rings (SSSR count). The molecule has 5 nitrogen and oxygen atoms in total. The maximum atomic E-state index is 10.6. The van der Waals surface area contributed by atoms with Gasteiger partial charge in [-0.1, -0.05) is 42.5 Å². The van der Waals surface area contributed by atoms with E-state index in [-0.39, 0.29) is 6.61 Å². The molecular weight excluding hydrogens is 364 g/mol. The van der Waals surface area contributed by atoms with E-state index in [1.807, 2.05) is 90.4 Å². The number of aliphatic hydroxyl groups is 1. The van der Waals surface area contributed by atoms with Gasteiger partial charge in [0.1, 0.15) is 36.6 Å². The number of aliphatic hydroxyl groups excluding tert-OH is 1. The van der Waals surface area contributed by atoms with Crippen LogP contribution in [0.3, 0.4) is 0 Å². The maximum Gasteiger partial charge on any atom is 0.148 e. The Morgan fingerprint density at radius 3 is 2.48 bits per heavy atom. The minimum Gasteiger partial charge on any atom is -0.491 e. The molecule has 0 bridgehead atoms. The summed E-state index contributed by atoms with van der Waals surface area (Å²) in [6.07, 6.45) is -0.675. The molecule has 0 spiro atoms. The number of rotatable bonds is 8. The molecule has 0 aliphatic heterocycles. The number of benzene rings is 3. The van der Waals surface area contributed by atoms with Crippen LogP contribution in [0.15, 0.2) is 78.9 Å². The fraction of sp³-hybridized carbons (Fsp3) is 0.208. The zero-order chi connectivity index (χ0) is 20.1. The van der Waals surface area contributed by atoms with Gasteiger partial charge in [0, 0.05) is 0 Å². The Morgan fingerprint density at radius 1 is 0.897 bits per heavy atom. The summed E-state index contributed by atoms with van der Waals surface area (Å²) in [7, 11) is 0. The molecule has 29 heavy (non-hydrogen) atoms. The molecule has 1 heterocycles. The third-order valence-electron chi connectivity index (χ3n) is 4.67. The molecule has 0 saturated carbocycles. The summed E-state index contributed by atoms with van der Waals surface area (Å²) in [4.78, 5) is 4.71. The highest BCUT2D eigenvalue weighted by atomic mass is 16.5. The van der Waals surface area contributed by atoms with Crippen molar-refractivity contribution in [3.05, 3.63) is 90.3 Å². The van der Waals surface area contributed by atoms with Crippen molar-refractivity contribution in [1.29, 1.82) is 0 Å². The highest BCUT2D eigenvalue weighted by Crippen LogP contribution is 2.20. The Morgan fingerprint density at radius 2 is 1.66 bits per heavy atom. The molecule has 4 aromatic rings. The summed E-state index contributed by atoms with van der Waals surface area (Å²) in [5.74, 6) is 2.31. The van der Waals surface area contributed by atoms with E-state index >= 15 is 0 Å². The van der Waals surface area contributed by atoms with Crippen molar-refractivity contribution in [2.45, 2.75) is 26.2 Å². The van der Waals surface area contributed by atoms with Gasteiger partial charge in [0.15, 0.2) is 0 Å². The Hall–Kier alpha value is -3.31. The van der Waals surface area contributed by atoms with Crippen molar-refractivity contribution >= 4 is 11.0 Å². The van der Waals surface area contributed by atoms with Crippen molar-refractivity contribution in [2.75, 3.05) is 6.61 Å². The lowest BCUT2D eigenvalue weighted by molar-refractivity contribution is 0.0917. The van der Waals surface area contributed by atoms with Crippen LogP contribution in [0.25, 0.3) is 11.0 Å². The number of imidazole rings is 1. The van der Waals surface area contributed by atoms with Gasteiger partial charge in [0.2, 0.25) is 0 Å². The van der Waals surface area contributed by atoms with Crippen molar-refractivity contribution in [2.24, 2.45) is 0 Å². The normalized spacial score (nSPS) is 12.1. The van der Waals surface area contributed by atoms with Crippen molar-refractivity contribution in [3.8, 4) is 11.5 Å². The predicted molar refractivity (Wildman–Crippen MR) is 113 cm³/mol. The fourth-order valence-electron chi connectivity index (χ4n) is 3.26. The molecule has 0 aliphatic rings. The molecule has 0 fully saturated rings. The fourth-order valence-corrected chi connectivity index (χ4v) is 3.26. The van der Waals surface area contributed by atoms with Crippen LogP contribution in [0.2, 0.25) is 0 Å². The van der Waals surface area contributed by atoms with Gasteiger partial charge in [-0.3, -0.25) is 0 Å². The number of hydrogen-bond donors (Lipinski definition) is 1. The van der Waals surface area contributed by atoms with E-state index in [4.69, 9.17) is 14.5 Å². The minimum atomic E-state index is -0.675. The summed E-state index contributed by atoms with van der Waals surface area (Å²) in [6.45, 7) is 2.93. The van der Waals surface area contributed by atoms with Crippen molar-refractivity contribution in [1.82, 2.24) is 9.55 Å². The molecule has 1 atom stereocenters. The number of ether oxygens (including phenoxy) is 2. The second kappa shape index (κ2) is 8.80. The number of fused-ring (bicyclic) bond motifs is 1. The van der Waals surface area contributed by atoms with Gasteiger partial charge in [-0.25, -0.2) is 4.98 Å². The zero-order valence-electron chi connectivity index (χ0n) is 16.4. The Balaban J connectivity index is 1.50. The van der Waals surface area contributed by atoms with Crippen LogP contribution in [-0.2, 0) is 13.2 Å². The van der Waals surface area contributed by atoms with Gasteiger partial charge in [-0.05, 0) is 48.9 Å². The number of hydrogen-bond acceptors (Lipinski definition) is 4. The SMILES string of the molecule is Cc1cccc(OCc2nc3ccccc3n2C[C@H](O)COc2ccccc2)c1. The average Bonchev–Trinajstić information content (AvgIpc) is 3.09. The molecule has 0 amide bonds. The summed E-state index contributed by atoms with van der Waals surface area (Å²) < 4.78 is 13.7. The third-order valence-corrected chi connectivity index (χ3v) is 4.67. The van der Waals surface area contributed by atoms with E-state index in [2.05, 4.69) is 0 Å². The van der Waals surface area contributed by atoms with Crippen LogP contribution in [0.1, 0.15) is 11.4 Å². The Bertz CT molecular complexity index is 1080. The molecule has 0 aliphatic carbocycles. The van der Waals surface area contributed by atoms with E-state index in [1.165, 1.54) is 0 Å². The lowest BCUT2D eigenvalue weighted by Crippen LogP contribution is -2.25. The van der Waals surface area contributed by atoms with E-state index in [0.717, 1.165) is 33.9 Å². The Labute approximate surface area is 170 Å². The minimum absolute atomic E-state index is 0.203. The summed E-state index contributed by atoms with van der Waals surface area (Å²) >= 11 is 0. The van der Waals surface area contributed by atoms with Gasteiger partial charge in [0.25, 0.3) is 0 Å². The van der Waals surface area contributed by atoms with Crippen LogP contribution in [0, 0.1) is 6.92 Å². The quantitative estimate of drug-likeness (QED) is 0.487.